The van der Waals surface area contributed by atoms with Crippen LogP contribution in [0.5, 0.6) is 5.75 Å². The largest absolute Gasteiger partial charge is 0.507 e. The maximum atomic E-state index is 11.5. The van der Waals surface area contributed by atoms with Crippen LogP contribution in [0.1, 0.15) is 5.56 Å². The normalized spacial score (nSPS) is 10.3. The molecule has 2 aromatic carbocycles. The van der Waals surface area contributed by atoms with Gasteiger partial charge in [-0.3, -0.25) is 0 Å². The Kier molecular flexibility index (Phi) is 4.12. The minimum atomic E-state index is -0.446. The van der Waals surface area contributed by atoms with E-state index in [4.69, 9.17) is 0 Å². The van der Waals surface area contributed by atoms with Crippen LogP contribution >= 0.6 is 0 Å². The van der Waals surface area contributed by atoms with E-state index in [2.05, 4.69) is 15.8 Å². The molecule has 0 aromatic heterocycles. The Morgan fingerprint density at radius 2 is 1.74 bits per heavy atom. The predicted octanol–water partition coefficient (Wildman–Crippen LogP) is 2.55. The molecule has 2 aromatic rings. The highest BCUT2D eigenvalue weighted by molar-refractivity contribution is 5.90. The topological polar surface area (TPSA) is 73.7 Å². The second-order valence-electron chi connectivity index (χ2n) is 3.75. The summed E-state index contributed by atoms with van der Waals surface area (Å²) >= 11 is 0. The molecule has 0 aliphatic heterocycles. The van der Waals surface area contributed by atoms with Gasteiger partial charge < -0.3 is 10.4 Å². The average Bonchev–Trinajstić information content (AvgIpc) is 2.42. The van der Waals surface area contributed by atoms with Gasteiger partial charge in [0, 0.05) is 11.3 Å². The number of phenolic OH excluding ortho intramolecular Hbond substituents is 1. The number of rotatable bonds is 3. The minimum Gasteiger partial charge on any atom is -0.507 e. The maximum absolute atomic E-state index is 11.5. The fourth-order valence-corrected chi connectivity index (χ4v) is 1.44. The zero-order valence-electron chi connectivity index (χ0n) is 10.1. The van der Waals surface area contributed by atoms with Gasteiger partial charge in [-0.05, 0) is 24.3 Å². The number of amides is 2. The number of nitrogens with zero attached hydrogens (tertiary/aromatic N) is 1. The summed E-state index contributed by atoms with van der Waals surface area (Å²) in [7, 11) is 0. The number of aromatic hydroxyl groups is 1. The molecule has 3 N–H and O–H groups in total. The van der Waals surface area contributed by atoms with Crippen molar-refractivity contribution in [3.05, 3.63) is 60.2 Å². The molecule has 2 rings (SSSR count). The first kappa shape index (κ1) is 12.6. The zero-order valence-corrected chi connectivity index (χ0v) is 10.1. The molecule has 0 atom stereocenters. The summed E-state index contributed by atoms with van der Waals surface area (Å²) in [6, 6.07) is 15.3. The van der Waals surface area contributed by atoms with Crippen LogP contribution < -0.4 is 10.7 Å². The number of phenols is 1. The second kappa shape index (κ2) is 6.20. The molecule has 96 valence electrons. The fraction of sp³-hybridized carbons (Fsp3) is 0. The van der Waals surface area contributed by atoms with E-state index >= 15 is 0 Å². The SMILES string of the molecule is O=C(NN=Cc1ccccc1O)Nc1ccccc1. The Labute approximate surface area is 110 Å². The molecule has 0 unspecified atom stereocenters. The summed E-state index contributed by atoms with van der Waals surface area (Å²) in [6.45, 7) is 0. The third kappa shape index (κ3) is 3.85. The van der Waals surface area contributed by atoms with Crippen LogP contribution in [0.3, 0.4) is 0 Å². The molecule has 0 bridgehead atoms. The van der Waals surface area contributed by atoms with Crippen LogP contribution in [0, 0.1) is 0 Å². The van der Waals surface area contributed by atoms with Crippen molar-refractivity contribution in [1.29, 1.82) is 0 Å². The van der Waals surface area contributed by atoms with Crippen LogP contribution in [0.4, 0.5) is 10.5 Å². The number of nitrogens with one attached hydrogen (secondary N) is 2. The van der Waals surface area contributed by atoms with E-state index in [-0.39, 0.29) is 5.75 Å². The van der Waals surface area contributed by atoms with Gasteiger partial charge in [0.25, 0.3) is 0 Å². The standard InChI is InChI=1S/C14H13N3O2/c18-13-9-5-4-6-11(13)10-15-17-14(19)16-12-7-2-1-3-8-12/h1-10,18H,(H2,16,17,19). The molecular weight excluding hydrogens is 242 g/mol. The van der Waals surface area contributed by atoms with Gasteiger partial charge in [0.2, 0.25) is 0 Å². The van der Waals surface area contributed by atoms with E-state index in [1.165, 1.54) is 6.21 Å². The first-order valence-corrected chi connectivity index (χ1v) is 5.69. The highest BCUT2D eigenvalue weighted by Gasteiger charge is 1.99. The van der Waals surface area contributed by atoms with Crippen molar-refractivity contribution in [2.45, 2.75) is 0 Å². The molecule has 0 spiro atoms. The predicted molar refractivity (Wildman–Crippen MR) is 74.3 cm³/mol. The van der Waals surface area contributed by atoms with Crippen LogP contribution in [-0.4, -0.2) is 17.4 Å². The summed E-state index contributed by atoms with van der Waals surface area (Å²) in [6.07, 6.45) is 1.37. The van der Waals surface area contributed by atoms with Gasteiger partial charge in [-0.15, -0.1) is 0 Å². The van der Waals surface area contributed by atoms with Gasteiger partial charge in [-0.25, -0.2) is 10.2 Å². The van der Waals surface area contributed by atoms with Crippen molar-refractivity contribution in [1.82, 2.24) is 5.43 Å². The van der Waals surface area contributed by atoms with Gasteiger partial charge in [-0.2, -0.15) is 5.10 Å². The average molecular weight is 255 g/mol. The summed E-state index contributed by atoms with van der Waals surface area (Å²) in [4.78, 5) is 11.5. The third-order valence-electron chi connectivity index (χ3n) is 2.34. The molecule has 0 saturated carbocycles. The number of urea groups is 1. The molecule has 0 aliphatic rings. The highest BCUT2D eigenvalue weighted by Crippen LogP contribution is 2.12. The number of carbonyl (C=O) groups is 1. The van der Waals surface area contributed by atoms with E-state index in [1.807, 2.05) is 18.2 Å². The van der Waals surface area contributed by atoms with Gasteiger partial charge in [0.15, 0.2) is 0 Å². The van der Waals surface area contributed by atoms with Crippen molar-refractivity contribution < 1.29 is 9.90 Å². The Bertz CT molecular complexity index is 582. The molecule has 5 heteroatoms. The summed E-state index contributed by atoms with van der Waals surface area (Å²) in [5, 5.41) is 15.9. The molecule has 0 radical (unpaired) electrons. The number of hydrogen-bond donors (Lipinski definition) is 3. The van der Waals surface area contributed by atoms with E-state index in [0.29, 0.717) is 11.3 Å². The number of para-hydroxylation sites is 2. The first-order chi connectivity index (χ1) is 9.25. The highest BCUT2D eigenvalue weighted by atomic mass is 16.3. The summed E-state index contributed by atoms with van der Waals surface area (Å²) in [5.41, 5.74) is 3.52. The molecule has 0 fully saturated rings. The lowest BCUT2D eigenvalue weighted by Gasteiger charge is -2.03. The number of anilines is 1. The summed E-state index contributed by atoms with van der Waals surface area (Å²) < 4.78 is 0. The van der Waals surface area contributed by atoms with E-state index in [0.717, 1.165) is 0 Å². The maximum Gasteiger partial charge on any atom is 0.339 e. The van der Waals surface area contributed by atoms with E-state index in [9.17, 15) is 9.90 Å². The number of hydrazone groups is 1. The van der Waals surface area contributed by atoms with Gasteiger partial charge in [0.05, 0.1) is 6.21 Å². The lowest BCUT2D eigenvalue weighted by atomic mass is 10.2. The number of benzene rings is 2. The molecule has 5 nitrogen and oxygen atoms in total. The minimum absolute atomic E-state index is 0.108. The Morgan fingerprint density at radius 1 is 1.05 bits per heavy atom. The molecule has 0 saturated heterocycles. The quantitative estimate of drug-likeness (QED) is 0.582. The lowest BCUT2D eigenvalue weighted by Crippen LogP contribution is -2.24. The molecule has 0 heterocycles. The van der Waals surface area contributed by atoms with Crippen molar-refractivity contribution in [3.8, 4) is 5.75 Å². The van der Waals surface area contributed by atoms with Crippen LogP contribution in [-0.2, 0) is 0 Å². The Morgan fingerprint density at radius 3 is 2.47 bits per heavy atom. The van der Waals surface area contributed by atoms with Gasteiger partial charge in [0.1, 0.15) is 5.75 Å². The van der Waals surface area contributed by atoms with Gasteiger partial charge >= 0.3 is 6.03 Å². The Balaban J connectivity index is 1.89. The van der Waals surface area contributed by atoms with Crippen LogP contribution in [0.2, 0.25) is 0 Å². The zero-order chi connectivity index (χ0) is 13.5. The van der Waals surface area contributed by atoms with Crippen LogP contribution in [0.15, 0.2) is 59.7 Å². The molecule has 2 amide bonds. The second-order valence-corrected chi connectivity index (χ2v) is 3.75. The third-order valence-corrected chi connectivity index (χ3v) is 2.34. The lowest BCUT2D eigenvalue weighted by molar-refractivity contribution is 0.252. The molecule has 19 heavy (non-hydrogen) atoms. The number of hydrogen-bond acceptors (Lipinski definition) is 3. The van der Waals surface area contributed by atoms with Crippen molar-refractivity contribution in [2.24, 2.45) is 5.10 Å². The molecule has 0 aliphatic carbocycles. The Hall–Kier alpha value is -2.82. The van der Waals surface area contributed by atoms with Crippen molar-refractivity contribution in [3.63, 3.8) is 0 Å². The summed E-state index contributed by atoms with van der Waals surface area (Å²) in [5.74, 6) is 0.108. The van der Waals surface area contributed by atoms with E-state index < -0.39 is 6.03 Å². The van der Waals surface area contributed by atoms with Gasteiger partial charge in [-0.1, -0.05) is 30.3 Å². The molecular formula is C14H13N3O2. The first-order valence-electron chi connectivity index (χ1n) is 5.69. The van der Waals surface area contributed by atoms with Crippen molar-refractivity contribution >= 4 is 17.9 Å². The monoisotopic (exact) mass is 255 g/mol. The van der Waals surface area contributed by atoms with Crippen LogP contribution in [0.25, 0.3) is 0 Å². The van der Waals surface area contributed by atoms with E-state index in [1.54, 1.807) is 36.4 Å². The number of carbonyl (C=O) groups excluding carboxylic acids is 1. The smallest absolute Gasteiger partial charge is 0.339 e. The van der Waals surface area contributed by atoms with Crippen molar-refractivity contribution in [2.75, 3.05) is 5.32 Å². The fourth-order valence-electron chi connectivity index (χ4n) is 1.44.